The molecule has 1 aromatic carbocycles. The zero-order valence-corrected chi connectivity index (χ0v) is 25.9. The van der Waals surface area contributed by atoms with E-state index in [0.29, 0.717) is 56.1 Å². The van der Waals surface area contributed by atoms with Crippen molar-refractivity contribution in [2.24, 2.45) is 0 Å². The Hall–Kier alpha value is -2.82. The lowest BCUT2D eigenvalue weighted by molar-refractivity contribution is -0.139. The van der Waals surface area contributed by atoms with Crippen molar-refractivity contribution in [1.82, 2.24) is 14.5 Å². The molecule has 0 amide bonds. The second-order valence-electron chi connectivity index (χ2n) is 9.23. The van der Waals surface area contributed by atoms with E-state index in [2.05, 4.69) is 35.2 Å². The number of carbonyl (C=O) groups excluding carboxylic acids is 1. The zero-order chi connectivity index (χ0) is 29.3. The van der Waals surface area contributed by atoms with E-state index >= 15 is 0 Å². The number of aromatic nitrogens is 3. The molecule has 0 aliphatic rings. The van der Waals surface area contributed by atoms with E-state index in [1.165, 1.54) is 14.2 Å². The summed E-state index contributed by atoms with van der Waals surface area (Å²) in [7, 11) is 2.28. The first-order chi connectivity index (χ1) is 19.1. The summed E-state index contributed by atoms with van der Waals surface area (Å²) in [4.78, 5) is 21.5. The molecule has 2 heterocycles. The Labute approximate surface area is 244 Å². The van der Waals surface area contributed by atoms with Gasteiger partial charge in [-0.2, -0.15) is 5.26 Å². The van der Waals surface area contributed by atoms with Gasteiger partial charge >= 0.3 is 5.97 Å². The summed E-state index contributed by atoms with van der Waals surface area (Å²) in [5.41, 5.74) is 1.74. The van der Waals surface area contributed by atoms with Crippen molar-refractivity contribution in [3.8, 4) is 28.8 Å². The largest absolute Gasteiger partial charge is 0.493 e. The van der Waals surface area contributed by atoms with Crippen molar-refractivity contribution < 1.29 is 28.5 Å². The van der Waals surface area contributed by atoms with Crippen LogP contribution in [0.15, 0.2) is 23.5 Å². The molecule has 0 saturated carbocycles. The van der Waals surface area contributed by atoms with Gasteiger partial charge in [-0.05, 0) is 13.0 Å². The maximum Gasteiger partial charge on any atom is 0.316 e. The van der Waals surface area contributed by atoms with Crippen LogP contribution in [0, 0.1) is 11.3 Å². The van der Waals surface area contributed by atoms with Gasteiger partial charge in [-0.15, -0.1) is 9.62 Å². The van der Waals surface area contributed by atoms with E-state index in [1.54, 1.807) is 29.8 Å². The van der Waals surface area contributed by atoms with Crippen LogP contribution in [-0.2, 0) is 35.4 Å². The van der Waals surface area contributed by atoms with Crippen molar-refractivity contribution in [3.63, 3.8) is 0 Å². The van der Waals surface area contributed by atoms with Crippen LogP contribution in [-0.4, -0.2) is 84.6 Å². The molecule has 0 atom stereocenters. The zero-order valence-electron chi connectivity index (χ0n) is 23.5. The molecular formula is C27H34ClN4O6S2+. The van der Waals surface area contributed by atoms with Gasteiger partial charge in [0.15, 0.2) is 23.4 Å². The number of hydrogen-bond donors (Lipinski definition) is 0. The van der Waals surface area contributed by atoms with Gasteiger partial charge in [0.1, 0.15) is 18.4 Å². The Morgan fingerprint density at radius 1 is 1.23 bits per heavy atom. The topological polar surface area (TPSA) is 118 Å². The highest BCUT2D eigenvalue weighted by atomic mass is 35.5. The fraction of sp³-hybridized carbons (Fsp3) is 0.444. The van der Waals surface area contributed by atoms with Gasteiger partial charge in [0.25, 0.3) is 0 Å². The molecule has 216 valence electrons. The van der Waals surface area contributed by atoms with Gasteiger partial charge in [0, 0.05) is 31.4 Å². The van der Waals surface area contributed by atoms with Gasteiger partial charge in [-0.3, -0.25) is 4.79 Å². The monoisotopic (exact) mass is 609 g/mol. The number of hydrogen-bond acceptors (Lipinski definition) is 10. The molecule has 40 heavy (non-hydrogen) atoms. The molecule has 0 saturated heterocycles. The number of nitriles is 1. The molecule has 13 heteroatoms. The minimum absolute atomic E-state index is 0.0114. The molecule has 0 aliphatic carbocycles. The SMILES string of the molecule is CCOC(=O)CSc1nc(-c2cc(OCOC)c(OC)cc2Cl)c2c(C#N)cn(COCCC=[S+](C)(C)C)c2n1. The molecule has 3 rings (SSSR count). The van der Waals surface area contributed by atoms with Crippen molar-refractivity contribution in [3.05, 3.63) is 28.9 Å². The highest BCUT2D eigenvalue weighted by Crippen LogP contribution is 2.41. The van der Waals surface area contributed by atoms with Gasteiger partial charge in [0.05, 0.1) is 71.9 Å². The molecule has 3 aromatic rings. The molecule has 0 bridgehead atoms. The smallest absolute Gasteiger partial charge is 0.316 e. The standard InChI is InChI=1S/C27H34ClN4O6S2/c1-7-37-23(33)15-39-27-30-25(19-11-22(38-17-34-2)21(35-3)12-20(19)28)24-18(13-29)14-32(26(24)31-27)16-36-9-8-10-40(4,5)6/h10-12,14H,7-9,15-17H2,1-6H3/q+1. The minimum Gasteiger partial charge on any atom is -0.493 e. The van der Waals surface area contributed by atoms with Crippen LogP contribution in [0.5, 0.6) is 11.5 Å². The maximum absolute atomic E-state index is 12.1. The molecule has 0 N–H and O–H groups in total. The Kier molecular flexibility index (Phi) is 11.7. The third kappa shape index (κ3) is 8.34. The quantitative estimate of drug-likeness (QED) is 0.0492. The highest BCUT2D eigenvalue weighted by molar-refractivity contribution is 8.10. The van der Waals surface area contributed by atoms with Crippen molar-refractivity contribution in [2.75, 3.05) is 58.7 Å². The van der Waals surface area contributed by atoms with Crippen molar-refractivity contribution >= 4 is 55.4 Å². The number of halogens is 1. The first-order valence-electron chi connectivity index (χ1n) is 12.3. The third-order valence-electron chi connectivity index (χ3n) is 5.39. The predicted molar refractivity (Wildman–Crippen MR) is 161 cm³/mol. The molecule has 2 aromatic heterocycles. The van der Waals surface area contributed by atoms with E-state index < -0.39 is 9.62 Å². The fourth-order valence-electron chi connectivity index (χ4n) is 3.69. The number of benzene rings is 1. The number of carbonyl (C=O) groups is 1. The number of esters is 1. The first kappa shape index (κ1) is 31.7. The molecular weight excluding hydrogens is 576 g/mol. The lowest BCUT2D eigenvalue weighted by Gasteiger charge is -2.14. The molecule has 0 spiro atoms. The average molecular weight is 610 g/mol. The van der Waals surface area contributed by atoms with Gasteiger partial charge in [-0.1, -0.05) is 23.4 Å². The third-order valence-corrected chi connectivity index (χ3v) is 7.76. The van der Waals surface area contributed by atoms with E-state index in [0.717, 1.165) is 18.2 Å². The Morgan fingerprint density at radius 2 is 2.00 bits per heavy atom. The Balaban J connectivity index is 2.13. The minimum atomic E-state index is -0.737. The molecule has 0 fully saturated rings. The normalized spacial score (nSPS) is 11.3. The lowest BCUT2D eigenvalue weighted by Crippen LogP contribution is -2.10. The Bertz CT molecular complexity index is 1440. The van der Waals surface area contributed by atoms with E-state index in [1.807, 2.05) is 0 Å². The van der Waals surface area contributed by atoms with Crippen LogP contribution in [0.3, 0.4) is 0 Å². The van der Waals surface area contributed by atoms with Crippen LogP contribution in [0.25, 0.3) is 22.3 Å². The summed E-state index contributed by atoms with van der Waals surface area (Å²) >= 11 is 7.83. The van der Waals surface area contributed by atoms with Gasteiger partial charge in [0.2, 0.25) is 0 Å². The van der Waals surface area contributed by atoms with Crippen molar-refractivity contribution in [1.29, 1.82) is 5.26 Å². The summed E-state index contributed by atoms with van der Waals surface area (Å²) in [6.07, 6.45) is 9.15. The van der Waals surface area contributed by atoms with E-state index in [4.69, 9.17) is 40.3 Å². The summed E-state index contributed by atoms with van der Waals surface area (Å²) in [5.74, 6) is 0.428. The summed E-state index contributed by atoms with van der Waals surface area (Å²) in [6.45, 7) is 2.72. The molecule has 0 aliphatic heterocycles. The number of ether oxygens (including phenoxy) is 5. The highest BCUT2D eigenvalue weighted by Gasteiger charge is 2.23. The molecule has 0 unspecified atom stereocenters. The number of fused-ring (bicyclic) bond motifs is 1. The van der Waals surface area contributed by atoms with E-state index in [-0.39, 0.29) is 31.9 Å². The van der Waals surface area contributed by atoms with Crippen LogP contribution in [0.4, 0.5) is 0 Å². The number of thioether (sulfide) groups is 1. The second-order valence-corrected chi connectivity index (χ2v) is 14.8. The average Bonchev–Trinajstić information content (AvgIpc) is 3.27. The summed E-state index contributed by atoms with van der Waals surface area (Å²) < 4.78 is 28.9. The first-order valence-corrected chi connectivity index (χ1v) is 16.6. The number of methoxy groups -OCH3 is 2. The fourth-order valence-corrected chi connectivity index (χ4v) is 5.38. The maximum atomic E-state index is 12.1. The predicted octanol–water partition coefficient (Wildman–Crippen LogP) is 4.48. The molecule has 0 radical (unpaired) electrons. The lowest BCUT2D eigenvalue weighted by atomic mass is 10.1. The Morgan fingerprint density at radius 3 is 2.65 bits per heavy atom. The van der Waals surface area contributed by atoms with Gasteiger partial charge < -0.3 is 28.3 Å². The number of nitrogens with zero attached hydrogens (tertiary/aromatic N) is 4. The second kappa shape index (κ2) is 14.7. The number of rotatable bonds is 14. The van der Waals surface area contributed by atoms with Crippen molar-refractivity contribution in [2.45, 2.75) is 25.2 Å². The van der Waals surface area contributed by atoms with Crippen LogP contribution in [0.2, 0.25) is 5.02 Å². The van der Waals surface area contributed by atoms with E-state index in [9.17, 15) is 10.1 Å². The molecule has 10 nitrogen and oxygen atoms in total. The van der Waals surface area contributed by atoms with Crippen LogP contribution in [0.1, 0.15) is 18.9 Å². The van der Waals surface area contributed by atoms with Crippen LogP contribution >= 0.6 is 23.4 Å². The summed E-state index contributed by atoms with van der Waals surface area (Å²) in [5, 5.41) is 13.4. The van der Waals surface area contributed by atoms with Crippen LogP contribution < -0.4 is 9.47 Å². The summed E-state index contributed by atoms with van der Waals surface area (Å²) in [6, 6.07) is 5.53. The van der Waals surface area contributed by atoms with Gasteiger partial charge in [-0.25, -0.2) is 9.97 Å².